The lowest BCUT2D eigenvalue weighted by molar-refractivity contribution is 0.239. The van der Waals surface area contributed by atoms with Crippen LogP contribution >= 0.6 is 11.6 Å². The maximum absolute atomic E-state index is 16.5. The fourth-order valence-corrected chi connectivity index (χ4v) is 5.57. The van der Waals surface area contributed by atoms with E-state index in [0.29, 0.717) is 28.4 Å². The van der Waals surface area contributed by atoms with Gasteiger partial charge in [-0.1, -0.05) is 67.9 Å². The second-order valence-electron chi connectivity index (χ2n) is 9.83. The second-order valence-corrected chi connectivity index (χ2v) is 10.2. The van der Waals surface area contributed by atoms with Crippen molar-refractivity contribution in [2.24, 2.45) is 0 Å². The molecule has 1 unspecified atom stereocenters. The molecule has 0 saturated carbocycles. The number of hydrogen-bond acceptors (Lipinski definition) is 6. The molecule has 4 aromatic rings. The van der Waals surface area contributed by atoms with Crippen molar-refractivity contribution in [3.05, 3.63) is 59.4 Å². The Morgan fingerprint density at radius 1 is 1.11 bits per heavy atom. The van der Waals surface area contributed by atoms with E-state index in [1.54, 1.807) is 0 Å². The molecular weight excluding hydrogens is 501 g/mol. The van der Waals surface area contributed by atoms with E-state index in [2.05, 4.69) is 40.9 Å². The normalized spacial score (nSPS) is 16.1. The summed E-state index contributed by atoms with van der Waals surface area (Å²) >= 11 is 6.82. The Hall–Kier alpha value is -3.00. The zero-order chi connectivity index (χ0) is 26.6. The van der Waals surface area contributed by atoms with Gasteiger partial charge in [-0.25, -0.2) is 4.39 Å². The third-order valence-electron chi connectivity index (χ3n) is 7.31. The standard InChI is InChI=1S/C30H35ClFN5O/c1-4-36(5-2)15-9-17-38-30-34-28-24(29(35-30)37-16-14-33-20(3)19-37)18-25(31)26(27(28)32)23-13-8-11-21-10-6-7-12-22(21)23/h6-8,10-13,18,20,33H,4-5,9,14-17,19H2,1-3H3. The molecule has 1 atom stereocenters. The summed E-state index contributed by atoms with van der Waals surface area (Å²) < 4.78 is 22.5. The van der Waals surface area contributed by atoms with Gasteiger partial charge in [-0.3, -0.25) is 0 Å². The lowest BCUT2D eigenvalue weighted by Gasteiger charge is -2.33. The highest BCUT2D eigenvalue weighted by molar-refractivity contribution is 6.35. The number of aromatic nitrogens is 2. The van der Waals surface area contributed by atoms with Crippen LogP contribution in [-0.4, -0.2) is 66.8 Å². The van der Waals surface area contributed by atoms with Gasteiger partial charge in [-0.05, 0) is 48.8 Å². The van der Waals surface area contributed by atoms with E-state index >= 15 is 4.39 Å². The minimum Gasteiger partial charge on any atom is -0.463 e. The van der Waals surface area contributed by atoms with Crippen molar-refractivity contribution < 1.29 is 9.13 Å². The molecular formula is C30H35ClFN5O. The monoisotopic (exact) mass is 535 g/mol. The lowest BCUT2D eigenvalue weighted by atomic mass is 9.96. The summed E-state index contributed by atoms with van der Waals surface area (Å²) in [4.78, 5) is 13.9. The summed E-state index contributed by atoms with van der Waals surface area (Å²) in [6.45, 7) is 12.1. The molecule has 2 heterocycles. The first kappa shape index (κ1) is 26.6. The van der Waals surface area contributed by atoms with Crippen LogP contribution in [0.25, 0.3) is 32.8 Å². The van der Waals surface area contributed by atoms with Gasteiger partial charge in [-0.2, -0.15) is 9.97 Å². The maximum atomic E-state index is 16.5. The highest BCUT2D eigenvalue weighted by atomic mass is 35.5. The summed E-state index contributed by atoms with van der Waals surface area (Å²) in [6, 6.07) is 16.1. The van der Waals surface area contributed by atoms with Gasteiger partial charge in [0.15, 0.2) is 5.82 Å². The number of nitrogens with zero attached hydrogens (tertiary/aromatic N) is 4. The zero-order valence-electron chi connectivity index (χ0n) is 22.3. The molecule has 3 aromatic carbocycles. The summed E-state index contributed by atoms with van der Waals surface area (Å²) in [5.74, 6) is 0.205. The molecule has 1 aliphatic heterocycles. The van der Waals surface area contributed by atoms with Crippen LogP contribution in [-0.2, 0) is 0 Å². The third kappa shape index (κ3) is 5.41. The van der Waals surface area contributed by atoms with Crippen molar-refractivity contribution in [3.8, 4) is 17.1 Å². The van der Waals surface area contributed by atoms with Gasteiger partial charge < -0.3 is 19.9 Å². The number of halogens is 2. The molecule has 0 spiro atoms. The van der Waals surface area contributed by atoms with E-state index in [4.69, 9.17) is 21.3 Å². The van der Waals surface area contributed by atoms with E-state index in [-0.39, 0.29) is 17.6 Å². The number of benzene rings is 3. The van der Waals surface area contributed by atoms with Crippen molar-refractivity contribution in [2.75, 3.05) is 50.8 Å². The van der Waals surface area contributed by atoms with E-state index < -0.39 is 5.82 Å². The number of anilines is 1. The topological polar surface area (TPSA) is 53.5 Å². The minimum atomic E-state index is -0.455. The quantitative estimate of drug-likeness (QED) is 0.259. The Bertz CT molecular complexity index is 1420. The molecule has 1 fully saturated rings. The van der Waals surface area contributed by atoms with Gasteiger partial charge in [0.1, 0.15) is 11.3 Å². The Kier molecular flexibility index (Phi) is 8.27. The number of hydrogen-bond donors (Lipinski definition) is 1. The van der Waals surface area contributed by atoms with Gasteiger partial charge in [0.2, 0.25) is 0 Å². The van der Waals surface area contributed by atoms with Crippen molar-refractivity contribution >= 4 is 39.1 Å². The molecule has 1 saturated heterocycles. The molecule has 0 radical (unpaired) electrons. The maximum Gasteiger partial charge on any atom is 0.319 e. The fourth-order valence-electron chi connectivity index (χ4n) is 5.27. The van der Waals surface area contributed by atoms with Crippen LogP contribution in [0.4, 0.5) is 10.2 Å². The summed E-state index contributed by atoms with van der Waals surface area (Å²) in [5.41, 5.74) is 1.32. The predicted octanol–water partition coefficient (Wildman–Crippen LogP) is 6.15. The number of fused-ring (bicyclic) bond motifs is 2. The van der Waals surface area contributed by atoms with Crippen LogP contribution in [0.1, 0.15) is 27.2 Å². The fraction of sp³-hybridized carbons (Fsp3) is 0.400. The number of rotatable bonds is 9. The van der Waals surface area contributed by atoms with Gasteiger partial charge in [-0.15, -0.1) is 0 Å². The molecule has 1 aromatic heterocycles. The van der Waals surface area contributed by atoms with Gasteiger partial charge in [0, 0.05) is 43.2 Å². The number of ether oxygens (including phenoxy) is 1. The largest absolute Gasteiger partial charge is 0.463 e. The molecule has 0 aliphatic carbocycles. The summed E-state index contributed by atoms with van der Waals surface area (Å²) in [7, 11) is 0. The number of nitrogens with one attached hydrogen (secondary N) is 1. The van der Waals surface area contributed by atoms with Gasteiger partial charge in [0.05, 0.1) is 11.6 Å². The van der Waals surface area contributed by atoms with E-state index in [9.17, 15) is 0 Å². The molecule has 1 N–H and O–H groups in total. The minimum absolute atomic E-state index is 0.198. The SMILES string of the molecule is CCN(CC)CCCOc1nc(N2CCNC(C)C2)c2cc(Cl)c(-c3cccc4ccccc34)c(F)c2n1. The van der Waals surface area contributed by atoms with Crippen LogP contribution in [0, 0.1) is 5.82 Å². The van der Waals surface area contributed by atoms with Crippen molar-refractivity contribution in [1.82, 2.24) is 20.2 Å². The average molecular weight is 536 g/mol. The molecule has 5 rings (SSSR count). The van der Waals surface area contributed by atoms with Crippen molar-refractivity contribution in [1.29, 1.82) is 0 Å². The smallest absolute Gasteiger partial charge is 0.319 e. The van der Waals surface area contributed by atoms with E-state index in [1.165, 1.54) is 0 Å². The first-order chi connectivity index (χ1) is 18.5. The highest BCUT2D eigenvalue weighted by Gasteiger charge is 2.25. The molecule has 0 bridgehead atoms. The molecule has 1 aliphatic rings. The Balaban J connectivity index is 1.60. The van der Waals surface area contributed by atoms with Gasteiger partial charge >= 0.3 is 6.01 Å². The predicted molar refractivity (Wildman–Crippen MR) is 155 cm³/mol. The van der Waals surface area contributed by atoms with Crippen LogP contribution < -0.4 is 15.0 Å². The van der Waals surface area contributed by atoms with Gasteiger partial charge in [0.25, 0.3) is 0 Å². The molecule has 38 heavy (non-hydrogen) atoms. The number of piperazine rings is 1. The van der Waals surface area contributed by atoms with Crippen LogP contribution in [0.3, 0.4) is 0 Å². The Morgan fingerprint density at radius 2 is 1.89 bits per heavy atom. The van der Waals surface area contributed by atoms with E-state index in [1.807, 2.05) is 48.5 Å². The molecule has 200 valence electrons. The van der Waals surface area contributed by atoms with Crippen LogP contribution in [0.15, 0.2) is 48.5 Å². The highest BCUT2D eigenvalue weighted by Crippen LogP contribution is 2.41. The van der Waals surface area contributed by atoms with Crippen LogP contribution in [0.2, 0.25) is 5.02 Å². The molecule has 8 heteroatoms. The molecule has 6 nitrogen and oxygen atoms in total. The average Bonchev–Trinajstić information content (AvgIpc) is 2.93. The third-order valence-corrected chi connectivity index (χ3v) is 7.61. The van der Waals surface area contributed by atoms with Crippen molar-refractivity contribution in [3.63, 3.8) is 0 Å². The summed E-state index contributed by atoms with van der Waals surface area (Å²) in [5, 5.41) is 6.36. The Morgan fingerprint density at radius 3 is 2.68 bits per heavy atom. The molecule has 0 amide bonds. The zero-order valence-corrected chi connectivity index (χ0v) is 23.1. The van der Waals surface area contributed by atoms with Crippen LogP contribution in [0.5, 0.6) is 6.01 Å². The first-order valence-corrected chi connectivity index (χ1v) is 13.9. The van der Waals surface area contributed by atoms with E-state index in [0.717, 1.165) is 62.0 Å². The lowest BCUT2D eigenvalue weighted by Crippen LogP contribution is -2.49. The second kappa shape index (κ2) is 11.8. The first-order valence-electron chi connectivity index (χ1n) is 13.5. The van der Waals surface area contributed by atoms with Crippen molar-refractivity contribution in [2.45, 2.75) is 33.2 Å². The summed E-state index contributed by atoms with van der Waals surface area (Å²) in [6.07, 6.45) is 0.841. The Labute approximate surface area is 228 Å².